The molecule has 0 saturated carbocycles. The summed E-state index contributed by atoms with van der Waals surface area (Å²) < 4.78 is 0. The van der Waals surface area contributed by atoms with Gasteiger partial charge in [-0.3, -0.25) is 14.4 Å². The van der Waals surface area contributed by atoms with Crippen LogP contribution in [0.5, 0.6) is 0 Å². The van der Waals surface area contributed by atoms with Crippen LogP contribution in [0.25, 0.3) is 0 Å². The van der Waals surface area contributed by atoms with E-state index in [2.05, 4.69) is 0 Å². The van der Waals surface area contributed by atoms with Crippen LogP contribution in [0.4, 0.5) is 0 Å². The second-order valence-electron chi connectivity index (χ2n) is 7.44. The smallest absolute Gasteiger partial charge is 0.311 e. The molecule has 2 aromatic rings. The van der Waals surface area contributed by atoms with E-state index < -0.39 is 11.4 Å². The van der Waals surface area contributed by atoms with Crippen molar-refractivity contribution in [2.75, 3.05) is 13.1 Å². The fourth-order valence-electron chi connectivity index (χ4n) is 3.49. The summed E-state index contributed by atoms with van der Waals surface area (Å²) in [6, 6.07) is 14.0. The Morgan fingerprint density at radius 2 is 1.63 bits per heavy atom. The molecule has 0 aliphatic carbocycles. The van der Waals surface area contributed by atoms with Gasteiger partial charge in [0.1, 0.15) is 0 Å². The highest BCUT2D eigenvalue weighted by Crippen LogP contribution is 2.31. The Bertz CT molecular complexity index is 887. The Balaban J connectivity index is 1.91. The third-order valence-corrected chi connectivity index (χ3v) is 5.22. The van der Waals surface area contributed by atoms with Gasteiger partial charge in [-0.25, -0.2) is 0 Å². The van der Waals surface area contributed by atoms with Gasteiger partial charge >= 0.3 is 5.97 Å². The maximum absolute atomic E-state index is 13.1. The average Bonchev–Trinajstić information content (AvgIpc) is 2.67. The van der Waals surface area contributed by atoms with Gasteiger partial charge < -0.3 is 10.0 Å². The molecule has 1 N–H and O–H groups in total. The number of carboxylic acids is 1. The summed E-state index contributed by atoms with van der Waals surface area (Å²) in [5.74, 6) is -1.40. The molecule has 0 aromatic heterocycles. The first-order chi connectivity index (χ1) is 12.8. The summed E-state index contributed by atoms with van der Waals surface area (Å²) in [7, 11) is 0. The minimum absolute atomic E-state index is 0.147. The lowest BCUT2D eigenvalue weighted by atomic mass is 9.81. The number of hydrogen-bond donors (Lipinski definition) is 1. The van der Waals surface area contributed by atoms with E-state index >= 15 is 0 Å². The topological polar surface area (TPSA) is 74.7 Å². The lowest BCUT2D eigenvalue weighted by Gasteiger charge is -2.37. The van der Waals surface area contributed by atoms with Gasteiger partial charge in [0.2, 0.25) is 0 Å². The number of rotatable bonds is 4. The Morgan fingerprint density at radius 1 is 1.00 bits per heavy atom. The van der Waals surface area contributed by atoms with Gasteiger partial charge in [-0.2, -0.15) is 0 Å². The van der Waals surface area contributed by atoms with E-state index in [-0.39, 0.29) is 18.2 Å². The van der Waals surface area contributed by atoms with Crippen molar-refractivity contribution in [1.29, 1.82) is 0 Å². The number of aliphatic carboxylic acids is 1. The molecule has 1 fully saturated rings. The van der Waals surface area contributed by atoms with E-state index in [1.54, 1.807) is 48.2 Å². The molecule has 0 spiro atoms. The molecular weight excluding hydrogens is 342 g/mol. The van der Waals surface area contributed by atoms with E-state index in [1.165, 1.54) is 0 Å². The molecule has 0 bridgehead atoms. The van der Waals surface area contributed by atoms with E-state index in [9.17, 15) is 19.5 Å². The molecule has 1 amide bonds. The molecule has 1 aliphatic heterocycles. The van der Waals surface area contributed by atoms with Crippen LogP contribution in [0.1, 0.15) is 51.6 Å². The number of piperidine rings is 1. The normalized spacial score (nSPS) is 19.6. The van der Waals surface area contributed by atoms with Crippen molar-refractivity contribution in [2.24, 2.45) is 5.41 Å². The molecule has 1 heterocycles. The maximum Gasteiger partial charge on any atom is 0.311 e. The molecule has 3 rings (SSSR count). The van der Waals surface area contributed by atoms with Crippen molar-refractivity contribution in [3.8, 4) is 0 Å². The highest BCUT2D eigenvalue weighted by atomic mass is 16.4. The number of carbonyl (C=O) groups is 3. The predicted molar refractivity (Wildman–Crippen MR) is 102 cm³/mol. The highest BCUT2D eigenvalue weighted by molar-refractivity contribution is 6.15. The van der Waals surface area contributed by atoms with Crippen LogP contribution in [-0.2, 0) is 4.79 Å². The summed E-state index contributed by atoms with van der Waals surface area (Å²) in [4.78, 5) is 39.2. The highest BCUT2D eigenvalue weighted by Gasteiger charge is 2.40. The van der Waals surface area contributed by atoms with Crippen molar-refractivity contribution in [3.05, 3.63) is 70.8 Å². The Kier molecular flexibility index (Phi) is 5.13. The molecule has 5 heteroatoms. The summed E-state index contributed by atoms with van der Waals surface area (Å²) in [6.07, 6.45) is 1.17. The Labute approximate surface area is 158 Å². The average molecular weight is 365 g/mol. The number of aryl methyl sites for hydroxylation is 1. The minimum Gasteiger partial charge on any atom is -0.481 e. The second-order valence-corrected chi connectivity index (χ2v) is 7.44. The first-order valence-corrected chi connectivity index (χ1v) is 9.05. The molecule has 0 radical (unpaired) electrons. The van der Waals surface area contributed by atoms with Crippen LogP contribution in [0.15, 0.2) is 48.5 Å². The number of hydrogen-bond acceptors (Lipinski definition) is 3. The van der Waals surface area contributed by atoms with Crippen LogP contribution in [-0.4, -0.2) is 40.8 Å². The molecule has 2 aromatic carbocycles. The Morgan fingerprint density at radius 3 is 2.26 bits per heavy atom. The zero-order chi connectivity index (χ0) is 19.6. The van der Waals surface area contributed by atoms with E-state index in [0.29, 0.717) is 36.1 Å². The van der Waals surface area contributed by atoms with Gasteiger partial charge in [0.05, 0.1) is 11.0 Å². The number of amides is 1. The van der Waals surface area contributed by atoms with Gasteiger partial charge in [0.25, 0.3) is 5.91 Å². The number of carboxylic acid groups (broad SMARTS) is 1. The van der Waals surface area contributed by atoms with Crippen molar-refractivity contribution in [1.82, 2.24) is 4.90 Å². The molecule has 1 saturated heterocycles. The number of likely N-dealkylation sites (tertiary alicyclic amines) is 1. The van der Waals surface area contributed by atoms with Gasteiger partial charge in [-0.15, -0.1) is 0 Å². The van der Waals surface area contributed by atoms with Crippen LogP contribution in [0, 0.1) is 12.3 Å². The zero-order valence-electron chi connectivity index (χ0n) is 15.6. The monoisotopic (exact) mass is 365 g/mol. The van der Waals surface area contributed by atoms with Crippen molar-refractivity contribution >= 4 is 17.7 Å². The first kappa shape index (κ1) is 18.8. The maximum atomic E-state index is 13.1. The van der Waals surface area contributed by atoms with E-state index in [4.69, 9.17) is 0 Å². The molecule has 140 valence electrons. The quantitative estimate of drug-likeness (QED) is 0.841. The third kappa shape index (κ3) is 3.77. The van der Waals surface area contributed by atoms with Gasteiger partial charge in [0.15, 0.2) is 5.78 Å². The summed E-state index contributed by atoms with van der Waals surface area (Å²) >= 11 is 0. The lowest BCUT2D eigenvalue weighted by molar-refractivity contribution is -0.150. The number of benzene rings is 2. The molecule has 1 aliphatic rings. The standard InChI is InChI=1S/C22H23NO4/c1-15-8-10-16(11-9-15)19(24)17-6-3-4-7-18(17)20(25)23-13-5-12-22(2,14-23)21(26)27/h3-4,6-11H,5,12-14H2,1-2H3,(H,26,27). The fraction of sp³-hybridized carbons (Fsp3) is 0.318. The summed E-state index contributed by atoms with van der Waals surface area (Å²) in [5.41, 5.74) is 1.28. The van der Waals surface area contributed by atoms with Crippen LogP contribution < -0.4 is 0 Å². The largest absolute Gasteiger partial charge is 0.481 e. The molecule has 27 heavy (non-hydrogen) atoms. The van der Waals surface area contributed by atoms with Crippen molar-refractivity contribution < 1.29 is 19.5 Å². The number of nitrogens with zero attached hydrogens (tertiary/aromatic N) is 1. The lowest BCUT2D eigenvalue weighted by Crippen LogP contribution is -2.48. The minimum atomic E-state index is -0.955. The zero-order valence-corrected chi connectivity index (χ0v) is 15.6. The van der Waals surface area contributed by atoms with Gasteiger partial charge in [-0.05, 0) is 32.8 Å². The van der Waals surface area contributed by atoms with E-state index in [1.807, 2.05) is 19.1 Å². The van der Waals surface area contributed by atoms with Crippen molar-refractivity contribution in [3.63, 3.8) is 0 Å². The van der Waals surface area contributed by atoms with E-state index in [0.717, 1.165) is 5.56 Å². The summed E-state index contributed by atoms with van der Waals surface area (Å²) in [5, 5.41) is 9.49. The Hall–Kier alpha value is -2.95. The number of ketones is 1. The number of carbonyl (C=O) groups excluding carboxylic acids is 2. The summed E-state index contributed by atoms with van der Waals surface area (Å²) in [6.45, 7) is 4.25. The molecule has 5 nitrogen and oxygen atoms in total. The predicted octanol–water partition coefficient (Wildman–Crippen LogP) is 3.55. The molecule has 1 atom stereocenters. The van der Waals surface area contributed by atoms with Gasteiger partial charge in [0, 0.05) is 24.2 Å². The molecule has 1 unspecified atom stereocenters. The second kappa shape index (κ2) is 7.35. The fourth-order valence-corrected chi connectivity index (χ4v) is 3.49. The SMILES string of the molecule is Cc1ccc(C(=O)c2ccccc2C(=O)N2CCCC(C)(C(=O)O)C2)cc1. The molecular formula is C22H23NO4. The first-order valence-electron chi connectivity index (χ1n) is 9.05. The van der Waals surface area contributed by atoms with Crippen LogP contribution in [0.3, 0.4) is 0 Å². The van der Waals surface area contributed by atoms with Gasteiger partial charge in [-0.1, -0.05) is 48.0 Å². The van der Waals surface area contributed by atoms with Crippen LogP contribution in [0.2, 0.25) is 0 Å². The van der Waals surface area contributed by atoms with Crippen molar-refractivity contribution in [2.45, 2.75) is 26.7 Å². The third-order valence-electron chi connectivity index (χ3n) is 5.22. The van der Waals surface area contributed by atoms with Crippen LogP contribution >= 0.6 is 0 Å².